The average molecular weight is 807 g/mol. The van der Waals surface area contributed by atoms with Gasteiger partial charge in [0.05, 0.1) is 0 Å². The molecule has 0 bridgehead atoms. The fourth-order valence-corrected chi connectivity index (χ4v) is 7.60. The minimum atomic E-state index is -0.761. The van der Waals surface area contributed by atoms with Crippen LogP contribution >= 0.6 is 0 Å². The van der Waals surface area contributed by atoms with Crippen LogP contribution in [0.2, 0.25) is 0 Å². The molecular weight excluding hydrogens is 709 g/mol. The van der Waals surface area contributed by atoms with Crippen LogP contribution in [-0.2, 0) is 28.6 Å². The predicted octanol–water partition coefficient (Wildman–Crippen LogP) is 16.1. The van der Waals surface area contributed by atoms with Crippen molar-refractivity contribution in [3.8, 4) is 0 Å². The third kappa shape index (κ3) is 43.8. The first-order valence-corrected chi connectivity index (χ1v) is 25.3. The number of hydrogen-bond acceptors (Lipinski definition) is 6. The highest BCUT2D eigenvalue weighted by Crippen LogP contribution is 2.18. The summed E-state index contributed by atoms with van der Waals surface area (Å²) in [5, 5.41) is 0. The molecule has 0 heterocycles. The van der Waals surface area contributed by atoms with E-state index < -0.39 is 6.10 Å². The molecule has 0 aromatic rings. The van der Waals surface area contributed by atoms with Crippen LogP contribution in [0.5, 0.6) is 0 Å². The first-order valence-electron chi connectivity index (χ1n) is 25.3. The summed E-state index contributed by atoms with van der Waals surface area (Å²) in [6.07, 6.45) is 43.6. The van der Waals surface area contributed by atoms with Crippen molar-refractivity contribution in [2.45, 2.75) is 285 Å². The van der Waals surface area contributed by atoms with Crippen LogP contribution < -0.4 is 0 Å². The van der Waals surface area contributed by atoms with E-state index in [-0.39, 0.29) is 31.1 Å². The Morgan fingerprint density at radius 2 is 0.667 bits per heavy atom. The van der Waals surface area contributed by atoms with E-state index in [2.05, 4.69) is 34.6 Å². The molecular formula is C51H98O6. The van der Waals surface area contributed by atoms with Crippen LogP contribution in [0.1, 0.15) is 279 Å². The van der Waals surface area contributed by atoms with E-state index in [0.29, 0.717) is 19.3 Å². The molecule has 0 aliphatic rings. The maximum absolute atomic E-state index is 12.8. The number of esters is 3. The van der Waals surface area contributed by atoms with Crippen LogP contribution in [0.15, 0.2) is 0 Å². The molecule has 0 aliphatic carbocycles. The van der Waals surface area contributed by atoms with Gasteiger partial charge in [-0.15, -0.1) is 0 Å². The molecule has 0 saturated heterocycles. The molecule has 0 rings (SSSR count). The van der Waals surface area contributed by atoms with Gasteiger partial charge in [-0.1, -0.05) is 240 Å². The molecule has 6 nitrogen and oxygen atoms in total. The molecule has 57 heavy (non-hydrogen) atoms. The minimum absolute atomic E-state index is 0.0641. The van der Waals surface area contributed by atoms with Crippen LogP contribution in [0.25, 0.3) is 0 Å². The van der Waals surface area contributed by atoms with Gasteiger partial charge in [0.1, 0.15) is 13.2 Å². The van der Waals surface area contributed by atoms with Gasteiger partial charge in [0.15, 0.2) is 6.10 Å². The molecule has 0 fully saturated rings. The summed E-state index contributed by atoms with van der Waals surface area (Å²) in [4.78, 5) is 37.9. The lowest BCUT2D eigenvalue weighted by molar-refractivity contribution is -0.167. The van der Waals surface area contributed by atoms with Crippen LogP contribution in [0.3, 0.4) is 0 Å². The van der Waals surface area contributed by atoms with E-state index in [0.717, 1.165) is 69.6 Å². The van der Waals surface area contributed by atoms with Gasteiger partial charge in [0.25, 0.3) is 0 Å². The Balaban J connectivity index is 4.33. The molecule has 0 saturated carbocycles. The average Bonchev–Trinajstić information content (AvgIpc) is 3.19. The summed E-state index contributed by atoms with van der Waals surface area (Å²) >= 11 is 0. The van der Waals surface area contributed by atoms with Gasteiger partial charge in [-0.2, -0.15) is 0 Å². The number of unbranched alkanes of at least 4 members (excludes halogenated alkanes) is 29. The van der Waals surface area contributed by atoms with E-state index >= 15 is 0 Å². The lowest BCUT2D eigenvalue weighted by Crippen LogP contribution is -2.30. The number of rotatable bonds is 45. The summed E-state index contributed by atoms with van der Waals surface area (Å²) in [6, 6.07) is 0. The van der Waals surface area contributed by atoms with E-state index in [4.69, 9.17) is 14.2 Å². The predicted molar refractivity (Wildman–Crippen MR) is 243 cm³/mol. The Kier molecular flexibility index (Phi) is 42.7. The summed E-state index contributed by atoms with van der Waals surface area (Å²) < 4.78 is 16.8. The monoisotopic (exact) mass is 807 g/mol. The number of hydrogen-bond donors (Lipinski definition) is 0. The largest absolute Gasteiger partial charge is 0.462 e. The third-order valence-corrected chi connectivity index (χ3v) is 11.8. The third-order valence-electron chi connectivity index (χ3n) is 11.8. The van der Waals surface area contributed by atoms with Gasteiger partial charge in [-0.25, -0.2) is 0 Å². The van der Waals surface area contributed by atoms with Crippen molar-refractivity contribution in [3.63, 3.8) is 0 Å². The highest BCUT2D eigenvalue weighted by molar-refractivity contribution is 5.71. The molecule has 0 aliphatic heterocycles. The van der Waals surface area contributed by atoms with Gasteiger partial charge in [-0.05, 0) is 31.1 Å². The molecule has 0 spiro atoms. The standard InChI is InChI=1S/C51H98O6/c1-6-8-9-10-11-12-13-14-23-28-33-38-43-51(54)57-48(44-55-49(52)41-36-31-26-21-17-15-19-24-29-34-39-46(3)4)45-56-50(53)42-37-32-27-22-18-16-20-25-30-35-40-47(5)7-2/h46-48H,6-45H2,1-5H3/t47?,48-/m1/s1. The second-order valence-electron chi connectivity index (χ2n) is 18.2. The van der Waals surface area contributed by atoms with E-state index in [1.165, 1.54) is 167 Å². The van der Waals surface area contributed by atoms with Gasteiger partial charge in [0.2, 0.25) is 0 Å². The number of carbonyl (C=O) groups is 3. The van der Waals surface area contributed by atoms with Crippen molar-refractivity contribution in [2.24, 2.45) is 11.8 Å². The molecule has 0 amide bonds. The van der Waals surface area contributed by atoms with Gasteiger partial charge < -0.3 is 14.2 Å². The first-order chi connectivity index (χ1) is 27.8. The maximum Gasteiger partial charge on any atom is 0.306 e. The molecule has 338 valence electrons. The second-order valence-corrected chi connectivity index (χ2v) is 18.2. The fraction of sp³-hybridized carbons (Fsp3) is 0.941. The van der Waals surface area contributed by atoms with Crippen molar-refractivity contribution in [3.05, 3.63) is 0 Å². The lowest BCUT2D eigenvalue weighted by atomic mass is 9.99. The van der Waals surface area contributed by atoms with Gasteiger partial charge in [-0.3, -0.25) is 14.4 Å². The Morgan fingerprint density at radius 1 is 0.368 bits per heavy atom. The molecule has 0 aromatic heterocycles. The van der Waals surface area contributed by atoms with Crippen molar-refractivity contribution >= 4 is 17.9 Å². The molecule has 0 N–H and O–H groups in total. The highest BCUT2D eigenvalue weighted by atomic mass is 16.6. The zero-order valence-electron chi connectivity index (χ0n) is 39.0. The number of ether oxygens (including phenoxy) is 3. The lowest BCUT2D eigenvalue weighted by Gasteiger charge is -2.18. The number of carbonyl (C=O) groups excluding carboxylic acids is 3. The van der Waals surface area contributed by atoms with Gasteiger partial charge in [0, 0.05) is 19.3 Å². The highest BCUT2D eigenvalue weighted by Gasteiger charge is 2.19. The van der Waals surface area contributed by atoms with Crippen molar-refractivity contribution in [2.75, 3.05) is 13.2 Å². The van der Waals surface area contributed by atoms with E-state index in [1.807, 2.05) is 0 Å². The first kappa shape index (κ1) is 55.4. The Morgan fingerprint density at radius 3 is 1.00 bits per heavy atom. The summed E-state index contributed by atoms with van der Waals surface area (Å²) in [5.41, 5.74) is 0. The Labute approximate surface area is 355 Å². The summed E-state index contributed by atoms with van der Waals surface area (Å²) in [6.45, 7) is 11.4. The summed E-state index contributed by atoms with van der Waals surface area (Å²) in [5.74, 6) is 0.838. The SMILES string of the molecule is CCCCCCCCCCCCCCC(=O)O[C@H](COC(=O)CCCCCCCCCCCCC(C)C)COC(=O)CCCCCCCCCCCCC(C)CC. The van der Waals surface area contributed by atoms with Crippen LogP contribution in [0, 0.1) is 11.8 Å². The zero-order valence-corrected chi connectivity index (χ0v) is 39.0. The summed E-state index contributed by atoms with van der Waals surface area (Å²) in [7, 11) is 0. The molecule has 1 unspecified atom stereocenters. The smallest absolute Gasteiger partial charge is 0.306 e. The fourth-order valence-electron chi connectivity index (χ4n) is 7.60. The normalized spacial score (nSPS) is 12.5. The molecule has 6 heteroatoms. The van der Waals surface area contributed by atoms with Crippen molar-refractivity contribution < 1.29 is 28.6 Å². The van der Waals surface area contributed by atoms with E-state index in [9.17, 15) is 14.4 Å². The quantitative estimate of drug-likeness (QED) is 0.0346. The Bertz CT molecular complexity index is 872. The molecule has 2 atom stereocenters. The van der Waals surface area contributed by atoms with E-state index in [1.54, 1.807) is 0 Å². The maximum atomic E-state index is 12.8. The second kappa shape index (κ2) is 44.0. The molecule has 0 radical (unpaired) electrons. The zero-order chi connectivity index (χ0) is 41.9. The van der Waals surface area contributed by atoms with Crippen molar-refractivity contribution in [1.29, 1.82) is 0 Å². The van der Waals surface area contributed by atoms with Crippen LogP contribution in [-0.4, -0.2) is 37.2 Å². The Hall–Kier alpha value is -1.59. The van der Waals surface area contributed by atoms with Crippen LogP contribution in [0.4, 0.5) is 0 Å². The topological polar surface area (TPSA) is 78.9 Å². The minimum Gasteiger partial charge on any atom is -0.462 e. The van der Waals surface area contributed by atoms with Gasteiger partial charge >= 0.3 is 17.9 Å². The molecule has 0 aromatic carbocycles. The van der Waals surface area contributed by atoms with Crippen molar-refractivity contribution in [1.82, 2.24) is 0 Å².